The maximum Gasteiger partial charge on any atom is 0.416 e. The maximum atomic E-state index is 12.2. The van der Waals surface area contributed by atoms with Gasteiger partial charge in [-0.1, -0.05) is 12.5 Å². The van der Waals surface area contributed by atoms with Crippen LogP contribution in [0.1, 0.15) is 55.5 Å². The van der Waals surface area contributed by atoms with Crippen molar-refractivity contribution in [3.63, 3.8) is 0 Å². The van der Waals surface area contributed by atoms with Crippen molar-refractivity contribution in [3.05, 3.63) is 35.4 Å². The summed E-state index contributed by atoms with van der Waals surface area (Å²) < 4.78 is 72.7. The summed E-state index contributed by atoms with van der Waals surface area (Å²) in [4.78, 5) is 20.8. The van der Waals surface area contributed by atoms with Crippen LogP contribution in [0.25, 0.3) is 0 Å². The van der Waals surface area contributed by atoms with E-state index in [1.165, 1.54) is 0 Å². The molecule has 1 aliphatic carbocycles. The van der Waals surface area contributed by atoms with Gasteiger partial charge in [-0.3, -0.25) is 4.79 Å². The van der Waals surface area contributed by atoms with E-state index < -0.39 is 41.7 Å². The number of aliphatic hydroxyl groups excluding tert-OH is 1. The molecule has 1 aliphatic rings. The molecule has 2 unspecified atom stereocenters. The first-order chi connectivity index (χ1) is 13.6. The van der Waals surface area contributed by atoms with E-state index in [1.54, 1.807) is 13.8 Å². The van der Waals surface area contributed by atoms with Gasteiger partial charge in [0, 0.05) is 6.10 Å². The molecule has 0 spiro atoms. The molecule has 1 fully saturated rings. The van der Waals surface area contributed by atoms with Crippen LogP contribution >= 0.6 is 0 Å². The zero-order chi connectivity index (χ0) is 23.7. The van der Waals surface area contributed by atoms with Crippen molar-refractivity contribution in [1.29, 1.82) is 0 Å². The van der Waals surface area contributed by atoms with Crippen molar-refractivity contribution >= 4 is 11.9 Å². The van der Waals surface area contributed by atoms with Crippen LogP contribution in [-0.4, -0.2) is 39.5 Å². The summed E-state index contributed by atoms with van der Waals surface area (Å²) in [5, 5.41) is 25.0. The molecule has 30 heavy (non-hydrogen) atoms. The molecule has 3 N–H and O–H groups in total. The van der Waals surface area contributed by atoms with Crippen LogP contribution in [0.3, 0.4) is 0 Å². The molecule has 0 bridgehead atoms. The van der Waals surface area contributed by atoms with E-state index >= 15 is 0 Å². The smallest absolute Gasteiger partial charge is 0.416 e. The highest BCUT2D eigenvalue weighted by Gasteiger charge is 2.43. The molecule has 1 aromatic carbocycles. The summed E-state index contributed by atoms with van der Waals surface area (Å²) in [6.45, 7) is 3.44. The van der Waals surface area contributed by atoms with Crippen LogP contribution in [-0.2, 0) is 11.0 Å². The van der Waals surface area contributed by atoms with Crippen molar-refractivity contribution in [1.82, 2.24) is 0 Å². The van der Waals surface area contributed by atoms with Gasteiger partial charge >= 0.3 is 24.3 Å². The topological polar surface area (TPSA) is 94.8 Å². The highest BCUT2D eigenvalue weighted by molar-refractivity contribution is 5.87. The molecule has 2 atom stereocenters. The third kappa shape index (κ3) is 11.0. The lowest BCUT2D eigenvalue weighted by atomic mass is 9.81. The number of hydrogen-bond acceptors (Lipinski definition) is 3. The van der Waals surface area contributed by atoms with E-state index in [9.17, 15) is 35.9 Å². The van der Waals surface area contributed by atoms with Crippen LogP contribution < -0.4 is 0 Å². The molecule has 5 nitrogen and oxygen atoms in total. The monoisotopic (exact) mass is 446 g/mol. The lowest BCUT2D eigenvalue weighted by Gasteiger charge is -2.28. The molecule has 0 radical (unpaired) electrons. The third-order valence-corrected chi connectivity index (χ3v) is 3.92. The average Bonchev–Trinajstić information content (AvgIpc) is 2.60. The van der Waals surface area contributed by atoms with Gasteiger partial charge in [-0.05, 0) is 51.3 Å². The molecule has 0 heterocycles. The Morgan fingerprint density at radius 2 is 1.57 bits per heavy atom. The van der Waals surface area contributed by atoms with Gasteiger partial charge in [0.05, 0.1) is 23.0 Å². The van der Waals surface area contributed by atoms with Gasteiger partial charge in [0.2, 0.25) is 0 Å². The SMILES string of the molecule is CC(C)O.O=C(O)C1CCCC(C(F)(F)F)C1.O=C(O)c1cccc(C(F)(F)F)c1. The Morgan fingerprint density at radius 3 is 1.97 bits per heavy atom. The predicted molar refractivity (Wildman–Crippen MR) is 94.9 cm³/mol. The number of aromatic carboxylic acids is 1. The number of halogens is 6. The lowest BCUT2D eigenvalue weighted by molar-refractivity contribution is -0.188. The van der Waals surface area contributed by atoms with Crippen molar-refractivity contribution in [2.75, 3.05) is 0 Å². The summed E-state index contributed by atoms with van der Waals surface area (Å²) in [7, 11) is 0. The first-order valence-corrected chi connectivity index (χ1v) is 8.93. The van der Waals surface area contributed by atoms with E-state index in [2.05, 4.69) is 0 Å². The maximum absolute atomic E-state index is 12.2. The number of hydrogen-bond donors (Lipinski definition) is 3. The molecule has 1 aromatic rings. The van der Waals surface area contributed by atoms with Gasteiger partial charge in [0.25, 0.3) is 0 Å². The first-order valence-electron chi connectivity index (χ1n) is 8.93. The highest BCUT2D eigenvalue weighted by Crippen LogP contribution is 2.39. The number of carbonyl (C=O) groups is 2. The Bertz CT molecular complexity index is 682. The van der Waals surface area contributed by atoms with Crippen LogP contribution in [0.15, 0.2) is 24.3 Å². The van der Waals surface area contributed by atoms with Crippen LogP contribution in [0.5, 0.6) is 0 Å². The Balaban J connectivity index is 0.000000477. The molecular weight excluding hydrogens is 422 g/mol. The molecule has 1 saturated carbocycles. The number of carboxylic acids is 2. The second-order valence-corrected chi connectivity index (χ2v) is 6.92. The summed E-state index contributed by atoms with van der Waals surface area (Å²) in [6.07, 6.45) is -8.32. The van der Waals surface area contributed by atoms with Crippen LogP contribution in [0.4, 0.5) is 26.3 Å². The Morgan fingerprint density at radius 1 is 1.03 bits per heavy atom. The fourth-order valence-corrected chi connectivity index (χ4v) is 2.54. The van der Waals surface area contributed by atoms with Gasteiger partial charge in [0.1, 0.15) is 0 Å². The minimum Gasteiger partial charge on any atom is -0.481 e. The highest BCUT2D eigenvalue weighted by atomic mass is 19.4. The molecule has 2 rings (SSSR count). The average molecular weight is 446 g/mol. The summed E-state index contributed by atoms with van der Waals surface area (Å²) in [5.74, 6) is -4.69. The number of rotatable bonds is 2. The third-order valence-electron chi connectivity index (χ3n) is 3.92. The van der Waals surface area contributed by atoms with Crippen molar-refractivity contribution in [2.45, 2.75) is 58.0 Å². The predicted octanol–water partition coefficient (Wildman–Crippen LogP) is 5.23. The molecule has 0 aromatic heterocycles. The zero-order valence-corrected chi connectivity index (χ0v) is 16.3. The summed E-state index contributed by atoms with van der Waals surface area (Å²) in [5.41, 5.74) is -1.32. The van der Waals surface area contributed by atoms with Gasteiger partial charge in [-0.25, -0.2) is 4.79 Å². The van der Waals surface area contributed by atoms with Gasteiger partial charge in [0.15, 0.2) is 0 Å². The normalized spacial score (nSPS) is 19.1. The lowest BCUT2D eigenvalue weighted by Crippen LogP contribution is -2.31. The largest absolute Gasteiger partial charge is 0.481 e. The summed E-state index contributed by atoms with van der Waals surface area (Å²) >= 11 is 0. The number of alkyl halides is 6. The van der Waals surface area contributed by atoms with Crippen molar-refractivity contribution in [2.24, 2.45) is 11.8 Å². The molecule has 172 valence electrons. The quantitative estimate of drug-likeness (QED) is 0.541. The summed E-state index contributed by atoms with van der Waals surface area (Å²) in [6, 6.07) is 3.60. The van der Waals surface area contributed by atoms with Crippen molar-refractivity contribution < 1.29 is 51.3 Å². The fourth-order valence-electron chi connectivity index (χ4n) is 2.54. The van der Waals surface area contributed by atoms with E-state index in [0.717, 1.165) is 18.2 Å². The minimum absolute atomic E-state index is 0.0767. The molecule has 0 amide bonds. The first kappa shape index (κ1) is 27.7. The molecule has 0 saturated heterocycles. The minimum atomic E-state index is -4.49. The Labute approximate surface area is 169 Å². The zero-order valence-electron chi connectivity index (χ0n) is 16.3. The standard InChI is InChI=1S/C8H11F3O2.C8H5F3O2.C3H8O/c2*9-8(10,11)6-3-1-2-5(4-6)7(12)13;1-3(2)4/h5-6H,1-4H2,(H,12,13);1-4H,(H,12,13);3-4H,1-2H3. The van der Waals surface area contributed by atoms with E-state index in [1.807, 2.05) is 0 Å². The molecule has 11 heteroatoms. The van der Waals surface area contributed by atoms with Crippen LogP contribution in [0.2, 0.25) is 0 Å². The van der Waals surface area contributed by atoms with Gasteiger partial charge in [-0.2, -0.15) is 26.3 Å². The Hall–Kier alpha value is -2.30. The van der Waals surface area contributed by atoms with Crippen molar-refractivity contribution in [3.8, 4) is 0 Å². The van der Waals surface area contributed by atoms with Gasteiger partial charge in [-0.15, -0.1) is 0 Å². The number of aliphatic hydroxyl groups is 1. The Kier molecular flexibility index (Phi) is 10.9. The second kappa shape index (κ2) is 11.8. The molecular formula is C19H24F6O5. The van der Waals surface area contributed by atoms with Gasteiger partial charge < -0.3 is 15.3 Å². The second-order valence-electron chi connectivity index (χ2n) is 6.92. The van der Waals surface area contributed by atoms with Crippen LogP contribution in [0, 0.1) is 11.8 Å². The van der Waals surface area contributed by atoms with E-state index in [0.29, 0.717) is 18.9 Å². The fraction of sp³-hybridized carbons (Fsp3) is 0.579. The number of benzene rings is 1. The molecule has 0 aliphatic heterocycles. The van der Waals surface area contributed by atoms with E-state index in [-0.39, 0.29) is 24.5 Å². The number of carboxylic acid groups (broad SMARTS) is 2. The van der Waals surface area contributed by atoms with E-state index in [4.69, 9.17) is 15.3 Å². The number of aliphatic carboxylic acids is 1.